The first-order valence-electron chi connectivity index (χ1n) is 11.5. The maximum Gasteiger partial charge on any atom is 0.389 e. The van der Waals surface area contributed by atoms with E-state index in [4.69, 9.17) is 5.73 Å². The zero-order valence-electron chi connectivity index (χ0n) is 19.3. The molecule has 2 fully saturated rings. The number of anilines is 3. The van der Waals surface area contributed by atoms with E-state index in [9.17, 15) is 27.9 Å². The summed E-state index contributed by atoms with van der Waals surface area (Å²) in [7, 11) is 0. The van der Waals surface area contributed by atoms with Crippen LogP contribution < -0.4 is 16.0 Å². The Bertz CT molecular complexity index is 1120. The number of hydrogen-bond donors (Lipinski definition) is 3. The van der Waals surface area contributed by atoms with E-state index in [2.05, 4.69) is 10.3 Å². The van der Waals surface area contributed by atoms with E-state index in [1.54, 1.807) is 24.3 Å². The van der Waals surface area contributed by atoms with Crippen molar-refractivity contribution in [1.82, 2.24) is 9.88 Å². The maximum absolute atomic E-state index is 12.7. The predicted octanol–water partition coefficient (Wildman–Crippen LogP) is 3.93. The molecule has 2 aliphatic rings. The van der Waals surface area contributed by atoms with E-state index in [-0.39, 0.29) is 37.8 Å². The normalized spacial score (nSPS) is 20.9. The fourth-order valence-corrected chi connectivity index (χ4v) is 4.61. The molecular weight excluding hydrogens is 463 g/mol. The van der Waals surface area contributed by atoms with Gasteiger partial charge in [0.25, 0.3) is 0 Å². The number of urea groups is 1. The Labute approximate surface area is 200 Å². The highest BCUT2D eigenvalue weighted by Gasteiger charge is 2.36. The highest BCUT2D eigenvalue weighted by Crippen LogP contribution is 2.33. The van der Waals surface area contributed by atoms with E-state index >= 15 is 0 Å². The number of pyridine rings is 1. The van der Waals surface area contributed by atoms with Crippen molar-refractivity contribution in [1.29, 1.82) is 0 Å². The van der Waals surface area contributed by atoms with Crippen LogP contribution in [0.4, 0.5) is 35.3 Å². The molecule has 2 aliphatic heterocycles. The topological polar surface area (TPSA) is 112 Å². The van der Waals surface area contributed by atoms with Crippen molar-refractivity contribution in [2.45, 2.75) is 44.9 Å². The Hall–Kier alpha value is -3.34. The van der Waals surface area contributed by atoms with Gasteiger partial charge in [0.2, 0.25) is 5.91 Å². The van der Waals surface area contributed by atoms with Crippen LogP contribution in [0.15, 0.2) is 30.3 Å². The monoisotopic (exact) mass is 491 g/mol. The van der Waals surface area contributed by atoms with E-state index in [1.165, 1.54) is 9.80 Å². The number of carbonyl (C=O) groups excluding carboxylic acids is 2. The molecule has 35 heavy (non-hydrogen) atoms. The quantitative estimate of drug-likeness (QED) is 0.600. The first-order valence-corrected chi connectivity index (χ1v) is 11.5. The zero-order chi connectivity index (χ0) is 25.3. The molecule has 0 spiro atoms. The van der Waals surface area contributed by atoms with Gasteiger partial charge in [-0.1, -0.05) is 6.07 Å². The number of aryl methyl sites for hydroxylation is 1. The molecule has 2 aromatic rings. The van der Waals surface area contributed by atoms with Crippen LogP contribution in [0.3, 0.4) is 0 Å². The lowest BCUT2D eigenvalue weighted by molar-refractivity contribution is -0.143. The SMILES string of the molecule is Cc1ccc(NC(=O)N2CC[C@@H](CC(F)(F)F)C2)cc1-c1cc(N)nc(N2CC(O)CCC2=O)c1. The molecular formula is C24H28F3N5O3. The second-order valence-electron chi connectivity index (χ2n) is 9.22. The molecule has 3 heterocycles. The van der Waals surface area contributed by atoms with Gasteiger partial charge in [-0.05, 0) is 66.6 Å². The molecule has 0 saturated carbocycles. The third kappa shape index (κ3) is 6.02. The number of nitrogen functional groups attached to an aromatic ring is 1. The number of aliphatic hydroxyl groups excluding tert-OH is 1. The predicted molar refractivity (Wildman–Crippen MR) is 126 cm³/mol. The molecule has 8 nitrogen and oxygen atoms in total. The van der Waals surface area contributed by atoms with Gasteiger partial charge in [0.05, 0.1) is 12.6 Å². The number of nitrogens with one attached hydrogen (secondary N) is 1. The van der Waals surface area contributed by atoms with E-state index in [0.29, 0.717) is 29.9 Å². The number of rotatable bonds is 4. The number of β-amino-alcohol motifs (C(OH)–C–C–N with tert-alkyl or cyclic N) is 1. The van der Waals surface area contributed by atoms with Gasteiger partial charge in [0.1, 0.15) is 11.6 Å². The molecule has 4 rings (SSSR count). The molecule has 3 amide bonds. The Morgan fingerprint density at radius 1 is 1.23 bits per heavy atom. The van der Waals surface area contributed by atoms with Crippen LogP contribution in [0.25, 0.3) is 11.1 Å². The van der Waals surface area contributed by atoms with Crippen LogP contribution in [0.5, 0.6) is 0 Å². The number of aromatic nitrogens is 1. The summed E-state index contributed by atoms with van der Waals surface area (Å²) in [5.41, 5.74) is 8.82. The zero-order valence-corrected chi connectivity index (χ0v) is 19.3. The number of alkyl halides is 3. The van der Waals surface area contributed by atoms with E-state index < -0.39 is 30.7 Å². The summed E-state index contributed by atoms with van der Waals surface area (Å²) in [6, 6.07) is 8.20. The summed E-state index contributed by atoms with van der Waals surface area (Å²) >= 11 is 0. The fourth-order valence-electron chi connectivity index (χ4n) is 4.61. The van der Waals surface area contributed by atoms with Gasteiger partial charge in [0.15, 0.2) is 0 Å². The second kappa shape index (κ2) is 9.73. The number of carbonyl (C=O) groups is 2. The largest absolute Gasteiger partial charge is 0.391 e. The van der Waals surface area contributed by atoms with Crippen molar-refractivity contribution in [2.75, 3.05) is 35.6 Å². The van der Waals surface area contributed by atoms with Gasteiger partial charge in [0, 0.05) is 31.6 Å². The number of nitrogens with zero attached hydrogens (tertiary/aromatic N) is 3. The smallest absolute Gasteiger partial charge is 0.389 e. The molecule has 2 saturated heterocycles. The molecule has 188 valence electrons. The molecule has 2 atom stereocenters. The van der Waals surface area contributed by atoms with Crippen LogP contribution in [0.1, 0.15) is 31.2 Å². The third-order valence-electron chi connectivity index (χ3n) is 6.39. The minimum absolute atomic E-state index is 0.0595. The number of amides is 3. The van der Waals surface area contributed by atoms with Crippen molar-refractivity contribution >= 4 is 29.3 Å². The lowest BCUT2D eigenvalue weighted by atomic mass is 10.00. The molecule has 11 heteroatoms. The summed E-state index contributed by atoms with van der Waals surface area (Å²) in [4.78, 5) is 32.1. The number of likely N-dealkylation sites (tertiary alicyclic amines) is 1. The molecule has 0 radical (unpaired) electrons. The summed E-state index contributed by atoms with van der Waals surface area (Å²) in [5, 5.41) is 12.8. The average molecular weight is 492 g/mol. The van der Waals surface area contributed by atoms with Crippen molar-refractivity contribution < 1.29 is 27.9 Å². The number of halogens is 3. The van der Waals surface area contributed by atoms with Crippen molar-refractivity contribution in [3.8, 4) is 11.1 Å². The number of piperidine rings is 1. The number of nitrogens with two attached hydrogens (primary N) is 1. The average Bonchev–Trinajstić information content (AvgIpc) is 3.23. The Balaban J connectivity index is 1.52. The standard InChI is InChI=1S/C24H28F3N5O3/c1-14-2-3-17(29-23(35)31-7-6-15(12-31)11-24(25,26)27)10-19(14)16-8-20(28)30-21(9-16)32-13-18(33)4-5-22(32)34/h2-3,8-10,15,18,33H,4-7,11-13H2,1H3,(H2,28,30)(H,29,35)/t15-,18?/m0/s1. The summed E-state index contributed by atoms with van der Waals surface area (Å²) in [6.07, 6.45) is -4.85. The second-order valence-corrected chi connectivity index (χ2v) is 9.22. The van der Waals surface area contributed by atoms with Crippen LogP contribution >= 0.6 is 0 Å². The molecule has 1 aromatic carbocycles. The van der Waals surface area contributed by atoms with Crippen LogP contribution in [0, 0.1) is 12.8 Å². The number of aliphatic hydroxyl groups is 1. The van der Waals surface area contributed by atoms with Crippen LogP contribution in [-0.4, -0.2) is 58.8 Å². The summed E-state index contributed by atoms with van der Waals surface area (Å²) in [6.45, 7) is 2.35. The van der Waals surface area contributed by atoms with Crippen molar-refractivity contribution in [3.05, 3.63) is 35.9 Å². The fraction of sp³-hybridized carbons (Fsp3) is 0.458. The van der Waals surface area contributed by atoms with Gasteiger partial charge in [-0.15, -0.1) is 0 Å². The van der Waals surface area contributed by atoms with Gasteiger partial charge in [-0.3, -0.25) is 9.69 Å². The summed E-state index contributed by atoms with van der Waals surface area (Å²) < 4.78 is 38.0. The Morgan fingerprint density at radius 3 is 2.74 bits per heavy atom. The first-order chi connectivity index (χ1) is 16.5. The number of hydrogen-bond acceptors (Lipinski definition) is 5. The minimum Gasteiger partial charge on any atom is -0.391 e. The molecule has 0 aliphatic carbocycles. The maximum atomic E-state index is 12.7. The number of benzene rings is 1. The van der Waals surface area contributed by atoms with Crippen molar-refractivity contribution in [2.24, 2.45) is 5.92 Å². The Morgan fingerprint density at radius 2 is 2.00 bits per heavy atom. The minimum atomic E-state index is -4.24. The Kier molecular flexibility index (Phi) is 6.88. The molecule has 4 N–H and O–H groups in total. The van der Waals surface area contributed by atoms with Gasteiger partial charge >= 0.3 is 12.2 Å². The summed E-state index contributed by atoms with van der Waals surface area (Å²) in [5.74, 6) is -0.201. The molecule has 0 bridgehead atoms. The first kappa shape index (κ1) is 24.8. The third-order valence-corrected chi connectivity index (χ3v) is 6.39. The molecule has 1 unspecified atom stereocenters. The van der Waals surface area contributed by atoms with Crippen LogP contribution in [0.2, 0.25) is 0 Å². The lowest BCUT2D eigenvalue weighted by Gasteiger charge is -2.29. The van der Waals surface area contributed by atoms with Crippen LogP contribution in [-0.2, 0) is 4.79 Å². The van der Waals surface area contributed by atoms with Crippen molar-refractivity contribution in [3.63, 3.8) is 0 Å². The van der Waals surface area contributed by atoms with Gasteiger partial charge < -0.3 is 21.1 Å². The lowest BCUT2D eigenvalue weighted by Crippen LogP contribution is -2.43. The van der Waals surface area contributed by atoms with Gasteiger partial charge in [-0.25, -0.2) is 9.78 Å². The molecule has 1 aromatic heterocycles. The highest BCUT2D eigenvalue weighted by molar-refractivity contribution is 5.94. The highest BCUT2D eigenvalue weighted by atomic mass is 19.4. The van der Waals surface area contributed by atoms with E-state index in [0.717, 1.165) is 11.1 Å². The van der Waals surface area contributed by atoms with Gasteiger partial charge in [-0.2, -0.15) is 13.2 Å². The van der Waals surface area contributed by atoms with E-state index in [1.807, 2.05) is 13.0 Å².